The molecule has 0 aliphatic heterocycles. The van der Waals surface area contributed by atoms with E-state index in [9.17, 15) is 14.7 Å². The summed E-state index contributed by atoms with van der Waals surface area (Å²) in [5.74, 6) is -1.92. The van der Waals surface area contributed by atoms with Crippen molar-refractivity contribution in [2.75, 3.05) is 5.32 Å². The molecule has 5 nitrogen and oxygen atoms in total. The first-order valence-electron chi connectivity index (χ1n) is 7.05. The van der Waals surface area contributed by atoms with Gasteiger partial charge >= 0.3 is 5.97 Å². The highest BCUT2D eigenvalue weighted by molar-refractivity contribution is 5.95. The fourth-order valence-corrected chi connectivity index (χ4v) is 2.83. The molecule has 3 atom stereocenters. The summed E-state index contributed by atoms with van der Waals surface area (Å²) in [6.07, 6.45) is 2.01. The lowest BCUT2D eigenvalue weighted by Gasteiger charge is -2.31. The molecule has 0 spiro atoms. The third-order valence-corrected chi connectivity index (χ3v) is 4.05. The Morgan fingerprint density at radius 1 is 1.24 bits per heavy atom. The van der Waals surface area contributed by atoms with Crippen molar-refractivity contribution in [1.82, 2.24) is 0 Å². The van der Waals surface area contributed by atoms with Crippen molar-refractivity contribution in [2.45, 2.75) is 26.2 Å². The minimum absolute atomic E-state index is 0.251. The van der Waals surface area contributed by atoms with Gasteiger partial charge in [0.05, 0.1) is 23.5 Å². The molecular formula is C16H18N2O3. The number of carboxylic acid groups (broad SMARTS) is 1. The van der Waals surface area contributed by atoms with Crippen molar-refractivity contribution in [3.05, 3.63) is 29.8 Å². The second kappa shape index (κ2) is 6.40. The van der Waals surface area contributed by atoms with Gasteiger partial charge in [0.2, 0.25) is 5.91 Å². The Balaban J connectivity index is 2.07. The van der Waals surface area contributed by atoms with Crippen molar-refractivity contribution in [2.24, 2.45) is 17.8 Å². The van der Waals surface area contributed by atoms with Crippen LogP contribution in [0.3, 0.4) is 0 Å². The highest BCUT2D eigenvalue weighted by atomic mass is 16.4. The number of rotatable bonds is 3. The van der Waals surface area contributed by atoms with Crippen molar-refractivity contribution < 1.29 is 14.7 Å². The number of benzene rings is 1. The van der Waals surface area contributed by atoms with E-state index >= 15 is 0 Å². The average Bonchev–Trinajstić information content (AvgIpc) is 2.47. The molecule has 0 saturated heterocycles. The number of anilines is 1. The first-order valence-corrected chi connectivity index (χ1v) is 7.05. The largest absolute Gasteiger partial charge is 0.481 e. The van der Waals surface area contributed by atoms with E-state index in [1.54, 1.807) is 24.3 Å². The lowest BCUT2D eigenvalue weighted by Crippen LogP contribution is -2.38. The maximum Gasteiger partial charge on any atom is 0.307 e. The fourth-order valence-electron chi connectivity index (χ4n) is 2.83. The van der Waals surface area contributed by atoms with Gasteiger partial charge in [0.15, 0.2) is 0 Å². The number of nitrogens with zero attached hydrogens (tertiary/aromatic N) is 1. The number of carbonyl (C=O) groups is 2. The van der Waals surface area contributed by atoms with Crippen LogP contribution in [0.2, 0.25) is 0 Å². The van der Waals surface area contributed by atoms with Gasteiger partial charge in [-0.15, -0.1) is 0 Å². The summed E-state index contributed by atoms with van der Waals surface area (Å²) in [7, 11) is 0. The molecule has 1 aromatic carbocycles. The third-order valence-electron chi connectivity index (χ3n) is 4.05. The first-order chi connectivity index (χ1) is 10.0. The van der Waals surface area contributed by atoms with Crippen molar-refractivity contribution in [1.29, 1.82) is 5.26 Å². The molecule has 2 N–H and O–H groups in total. The van der Waals surface area contributed by atoms with Crippen LogP contribution < -0.4 is 5.32 Å². The molecule has 1 amide bonds. The van der Waals surface area contributed by atoms with Gasteiger partial charge in [-0.2, -0.15) is 5.26 Å². The van der Waals surface area contributed by atoms with Crippen LogP contribution in [-0.2, 0) is 9.59 Å². The molecule has 1 aliphatic carbocycles. The molecule has 1 saturated carbocycles. The van der Waals surface area contributed by atoms with E-state index < -0.39 is 17.8 Å². The number of hydrogen-bond donors (Lipinski definition) is 2. The molecule has 0 bridgehead atoms. The standard InChI is InChI=1S/C16H18N2O3/c1-10-2-7-13(14(8-10)16(20)21)15(19)18-12-5-3-11(9-17)4-6-12/h3-6,10,13-14H,2,7-8H2,1H3,(H,18,19)(H,20,21). The minimum atomic E-state index is -0.901. The highest BCUT2D eigenvalue weighted by Gasteiger charge is 2.38. The molecule has 1 aromatic rings. The molecule has 0 radical (unpaired) electrons. The van der Waals surface area contributed by atoms with E-state index in [0.29, 0.717) is 30.0 Å². The molecule has 2 rings (SSSR count). The summed E-state index contributed by atoms with van der Waals surface area (Å²) in [5.41, 5.74) is 1.10. The molecule has 1 aliphatic rings. The second-order valence-corrected chi connectivity index (χ2v) is 5.65. The van der Waals surface area contributed by atoms with E-state index in [-0.39, 0.29) is 5.91 Å². The van der Waals surface area contributed by atoms with Gasteiger partial charge in [0.25, 0.3) is 0 Å². The van der Waals surface area contributed by atoms with Crippen LogP contribution in [-0.4, -0.2) is 17.0 Å². The predicted octanol–water partition coefficient (Wildman–Crippen LogP) is 2.63. The van der Waals surface area contributed by atoms with Crippen molar-refractivity contribution in [3.8, 4) is 6.07 Å². The van der Waals surface area contributed by atoms with E-state index in [4.69, 9.17) is 5.26 Å². The van der Waals surface area contributed by atoms with E-state index in [1.165, 1.54) is 0 Å². The molecule has 0 aromatic heterocycles. The molecule has 3 unspecified atom stereocenters. The fraction of sp³-hybridized carbons (Fsp3) is 0.438. The van der Waals surface area contributed by atoms with Crippen LogP contribution in [0.15, 0.2) is 24.3 Å². The monoisotopic (exact) mass is 286 g/mol. The summed E-state index contributed by atoms with van der Waals surface area (Å²) < 4.78 is 0. The maximum atomic E-state index is 12.3. The highest BCUT2D eigenvalue weighted by Crippen LogP contribution is 2.34. The quantitative estimate of drug-likeness (QED) is 0.893. The van der Waals surface area contributed by atoms with Crippen molar-refractivity contribution in [3.63, 3.8) is 0 Å². The summed E-state index contributed by atoms with van der Waals surface area (Å²) in [6.45, 7) is 2.02. The zero-order valence-corrected chi connectivity index (χ0v) is 11.9. The Kier molecular flexibility index (Phi) is 4.59. The van der Waals surface area contributed by atoms with Gasteiger partial charge in [-0.25, -0.2) is 0 Å². The Labute approximate surface area is 123 Å². The molecule has 1 fully saturated rings. The Bertz CT molecular complexity index is 574. The van der Waals surface area contributed by atoms with Gasteiger partial charge in [0.1, 0.15) is 0 Å². The number of carbonyl (C=O) groups excluding carboxylic acids is 1. The van der Waals surface area contributed by atoms with Gasteiger partial charge in [-0.1, -0.05) is 6.92 Å². The maximum absolute atomic E-state index is 12.3. The van der Waals surface area contributed by atoms with E-state index in [1.807, 2.05) is 13.0 Å². The van der Waals surface area contributed by atoms with Crippen LogP contribution >= 0.6 is 0 Å². The SMILES string of the molecule is CC1CCC(C(=O)Nc2ccc(C#N)cc2)C(C(=O)O)C1. The van der Waals surface area contributed by atoms with Crippen LogP contribution in [0.1, 0.15) is 31.7 Å². The average molecular weight is 286 g/mol. The lowest BCUT2D eigenvalue weighted by atomic mass is 9.74. The van der Waals surface area contributed by atoms with E-state index in [2.05, 4.69) is 5.32 Å². The van der Waals surface area contributed by atoms with Crippen LogP contribution in [0.5, 0.6) is 0 Å². The predicted molar refractivity (Wildman–Crippen MR) is 77.4 cm³/mol. The van der Waals surface area contributed by atoms with Gasteiger partial charge < -0.3 is 10.4 Å². The lowest BCUT2D eigenvalue weighted by molar-refractivity contribution is -0.148. The zero-order chi connectivity index (χ0) is 15.4. The number of carboxylic acids is 1. The molecule has 0 heterocycles. The number of hydrogen-bond acceptors (Lipinski definition) is 3. The number of aliphatic carboxylic acids is 1. The number of nitrogens with one attached hydrogen (secondary N) is 1. The van der Waals surface area contributed by atoms with Gasteiger partial charge in [0, 0.05) is 5.69 Å². The van der Waals surface area contributed by atoms with Gasteiger partial charge in [-0.05, 0) is 49.4 Å². The Morgan fingerprint density at radius 3 is 2.48 bits per heavy atom. The molecular weight excluding hydrogens is 268 g/mol. The van der Waals surface area contributed by atoms with Crippen molar-refractivity contribution >= 4 is 17.6 Å². The zero-order valence-electron chi connectivity index (χ0n) is 11.9. The summed E-state index contributed by atoms with van der Waals surface area (Å²) in [4.78, 5) is 23.6. The third kappa shape index (κ3) is 3.60. The summed E-state index contributed by atoms with van der Waals surface area (Å²) in [6, 6.07) is 8.54. The van der Waals surface area contributed by atoms with Crippen LogP contribution in [0, 0.1) is 29.1 Å². The number of nitriles is 1. The Morgan fingerprint density at radius 2 is 1.90 bits per heavy atom. The summed E-state index contributed by atoms with van der Waals surface area (Å²) in [5, 5.41) is 20.8. The smallest absolute Gasteiger partial charge is 0.307 e. The van der Waals surface area contributed by atoms with Crippen LogP contribution in [0.25, 0.3) is 0 Å². The normalized spacial score (nSPS) is 24.9. The Hall–Kier alpha value is -2.35. The minimum Gasteiger partial charge on any atom is -0.481 e. The second-order valence-electron chi connectivity index (χ2n) is 5.65. The topological polar surface area (TPSA) is 90.2 Å². The molecule has 5 heteroatoms. The van der Waals surface area contributed by atoms with Crippen LogP contribution in [0.4, 0.5) is 5.69 Å². The molecule has 21 heavy (non-hydrogen) atoms. The first kappa shape index (κ1) is 15.0. The number of amides is 1. The van der Waals surface area contributed by atoms with E-state index in [0.717, 1.165) is 6.42 Å². The van der Waals surface area contributed by atoms with Gasteiger partial charge in [-0.3, -0.25) is 9.59 Å². The summed E-state index contributed by atoms with van der Waals surface area (Å²) >= 11 is 0. The molecule has 110 valence electrons.